The minimum atomic E-state index is -1.80. The summed E-state index contributed by atoms with van der Waals surface area (Å²) in [4.78, 5) is 14.9. The van der Waals surface area contributed by atoms with Gasteiger partial charge in [0.15, 0.2) is 18.9 Å². The van der Waals surface area contributed by atoms with Gasteiger partial charge in [0.2, 0.25) is 6.29 Å². The lowest BCUT2D eigenvalue weighted by atomic mass is 9.33. The predicted octanol–water partition coefficient (Wildman–Crippen LogP) is -2.17. The minimum Gasteiger partial charge on any atom is -0.432 e. The summed E-state index contributed by atoms with van der Waals surface area (Å²) < 4.78 is 46.4. The highest BCUT2D eigenvalue weighted by molar-refractivity contribution is 5.79. The molecule has 0 aromatic rings. The molecule has 13 N–H and O–H groups in total. The van der Waals surface area contributed by atoms with Crippen LogP contribution in [0.25, 0.3) is 0 Å². The Balaban J connectivity index is 0.918. The normalized spacial score (nSPS) is 55.0. The van der Waals surface area contributed by atoms with Crippen molar-refractivity contribution < 1.29 is 109 Å². The van der Waals surface area contributed by atoms with E-state index in [1.54, 1.807) is 0 Å². The zero-order valence-corrected chi connectivity index (χ0v) is 42.7. The SMILES string of the molecule is CC1(C)CC[C@]2(C(=O)O[C@@H]3OC[C@H](O[C@@H]4OC[C@@H](O)[C@H](O)[C@H]4O)[C@H](O)[C@H]3O)CC[C@]3(C)C(=CC[C@@H]4[C@@]5(C)C[C@H](O)[C@H](O[C@@H]6O[C@H](CO)[C@@H](O[C@@H]7OC[C@@H](O)[C@H](O)[C@H]7O)[C@H](O)[C@H]6O)[C@@](C)(CO)[C@@H]5CC[C@]43C)[C@@H]2C1. The maximum Gasteiger partial charge on any atom is 0.315 e. The van der Waals surface area contributed by atoms with E-state index in [-0.39, 0.29) is 54.8 Å². The second-order valence-corrected chi connectivity index (χ2v) is 24.9. The van der Waals surface area contributed by atoms with Crippen LogP contribution in [0.5, 0.6) is 0 Å². The van der Waals surface area contributed by atoms with Crippen molar-refractivity contribution >= 4 is 5.97 Å². The van der Waals surface area contributed by atoms with E-state index in [0.29, 0.717) is 38.5 Å². The number of carbonyl (C=O) groups is 1. The molecule has 0 aromatic carbocycles. The maximum atomic E-state index is 14.9. The monoisotopic (exact) mass is 1050 g/mol. The fourth-order valence-corrected chi connectivity index (χ4v) is 15.8. The van der Waals surface area contributed by atoms with Crippen LogP contribution in [0.4, 0.5) is 0 Å². The number of hydrogen-bond donors (Lipinski definition) is 13. The van der Waals surface area contributed by atoms with Crippen molar-refractivity contribution in [3.8, 4) is 0 Å². The van der Waals surface area contributed by atoms with Gasteiger partial charge in [0.05, 0.1) is 50.7 Å². The van der Waals surface area contributed by atoms with Gasteiger partial charge in [-0.2, -0.15) is 0 Å². The third kappa shape index (κ3) is 9.09. The number of aliphatic hydroxyl groups is 13. The molecular weight excluding hydrogens is 965 g/mol. The molecular formula is C51H82O22. The molecule has 0 radical (unpaired) electrons. The molecule has 0 amide bonds. The summed E-state index contributed by atoms with van der Waals surface area (Å²) in [5, 5.41) is 140. The Hall–Kier alpha value is -1.59. The van der Waals surface area contributed by atoms with Gasteiger partial charge in [-0.3, -0.25) is 4.79 Å². The third-order valence-corrected chi connectivity index (χ3v) is 20.4. The molecule has 9 rings (SSSR count). The van der Waals surface area contributed by atoms with Crippen LogP contribution in [0, 0.1) is 50.2 Å². The molecule has 9 aliphatic rings. The first kappa shape index (κ1) is 56.1. The van der Waals surface area contributed by atoms with Crippen LogP contribution in [0.1, 0.15) is 99.3 Å². The molecule has 22 heteroatoms. The third-order valence-electron chi connectivity index (χ3n) is 20.4. The van der Waals surface area contributed by atoms with Crippen molar-refractivity contribution in [2.24, 2.45) is 50.2 Å². The predicted molar refractivity (Wildman–Crippen MR) is 248 cm³/mol. The Morgan fingerprint density at radius 1 is 0.616 bits per heavy atom. The Morgan fingerprint density at radius 3 is 1.84 bits per heavy atom. The van der Waals surface area contributed by atoms with Gasteiger partial charge in [-0.1, -0.05) is 53.2 Å². The van der Waals surface area contributed by atoms with E-state index in [1.165, 1.54) is 5.57 Å². The van der Waals surface area contributed by atoms with Gasteiger partial charge in [-0.05, 0) is 97.2 Å². The zero-order chi connectivity index (χ0) is 53.1. The van der Waals surface area contributed by atoms with Crippen molar-refractivity contribution in [3.05, 3.63) is 11.6 Å². The summed E-state index contributed by atoms with van der Waals surface area (Å²) in [5.74, 6) is -0.983. The van der Waals surface area contributed by atoms with Gasteiger partial charge in [-0.15, -0.1) is 0 Å². The van der Waals surface area contributed by atoms with Crippen LogP contribution >= 0.6 is 0 Å². The van der Waals surface area contributed by atoms with Crippen LogP contribution < -0.4 is 0 Å². The molecule has 418 valence electrons. The van der Waals surface area contributed by atoms with Crippen molar-refractivity contribution in [2.75, 3.05) is 33.0 Å². The van der Waals surface area contributed by atoms with E-state index < -0.39 is 158 Å². The Bertz CT molecular complexity index is 2010. The molecule has 5 aliphatic carbocycles. The number of carbonyl (C=O) groups excluding carboxylic acids is 1. The molecule has 0 unspecified atom stereocenters. The summed E-state index contributed by atoms with van der Waals surface area (Å²) in [5.41, 5.74) is -2.35. The smallest absolute Gasteiger partial charge is 0.315 e. The Labute approximate surface area is 425 Å². The topological polar surface area (TPSA) is 354 Å². The maximum absolute atomic E-state index is 14.9. The Morgan fingerprint density at radius 2 is 1.21 bits per heavy atom. The van der Waals surface area contributed by atoms with Crippen LogP contribution in [0.15, 0.2) is 11.6 Å². The van der Waals surface area contributed by atoms with Crippen molar-refractivity contribution in [1.82, 2.24) is 0 Å². The van der Waals surface area contributed by atoms with Crippen molar-refractivity contribution in [1.29, 1.82) is 0 Å². The summed E-state index contributed by atoms with van der Waals surface area (Å²) in [6.45, 7) is 10.9. The first-order valence-corrected chi connectivity index (χ1v) is 26.3. The van der Waals surface area contributed by atoms with Gasteiger partial charge in [0.25, 0.3) is 0 Å². The lowest BCUT2D eigenvalue weighted by Crippen LogP contribution is -2.70. The zero-order valence-electron chi connectivity index (χ0n) is 42.7. The molecule has 0 aromatic heterocycles. The number of aliphatic hydroxyl groups excluding tert-OH is 13. The lowest BCUT2D eigenvalue weighted by molar-refractivity contribution is -0.368. The van der Waals surface area contributed by atoms with Crippen LogP contribution in [0.3, 0.4) is 0 Å². The first-order chi connectivity index (χ1) is 34.2. The lowest BCUT2D eigenvalue weighted by Gasteiger charge is -2.72. The van der Waals surface area contributed by atoms with Gasteiger partial charge in [0, 0.05) is 5.41 Å². The number of rotatable bonds is 10. The summed E-state index contributed by atoms with van der Waals surface area (Å²) in [6, 6.07) is 0. The van der Waals surface area contributed by atoms with Crippen molar-refractivity contribution in [3.63, 3.8) is 0 Å². The number of esters is 1. The van der Waals surface area contributed by atoms with E-state index in [1.807, 2.05) is 6.92 Å². The quantitative estimate of drug-likeness (QED) is 0.0629. The summed E-state index contributed by atoms with van der Waals surface area (Å²) in [7, 11) is 0. The molecule has 4 saturated heterocycles. The summed E-state index contributed by atoms with van der Waals surface area (Å²) in [6.07, 6.45) is -21.0. The average Bonchev–Trinajstić information content (AvgIpc) is 3.34. The van der Waals surface area contributed by atoms with Crippen molar-refractivity contribution in [2.45, 2.75) is 216 Å². The van der Waals surface area contributed by atoms with E-state index in [2.05, 4.69) is 40.7 Å². The Kier molecular flexibility index (Phi) is 15.6. The fourth-order valence-electron chi connectivity index (χ4n) is 15.8. The number of allylic oxidation sites excluding steroid dienone is 2. The molecule has 0 bridgehead atoms. The second kappa shape index (κ2) is 20.3. The second-order valence-electron chi connectivity index (χ2n) is 24.9. The number of hydrogen-bond acceptors (Lipinski definition) is 22. The van der Waals surface area contributed by atoms with Crippen LogP contribution in [0.2, 0.25) is 0 Å². The highest BCUT2D eigenvalue weighted by atomic mass is 16.8. The molecule has 8 fully saturated rings. The molecule has 0 spiro atoms. The van der Waals surface area contributed by atoms with Gasteiger partial charge in [0.1, 0.15) is 79.4 Å². The fraction of sp³-hybridized carbons (Fsp3) is 0.941. The summed E-state index contributed by atoms with van der Waals surface area (Å²) >= 11 is 0. The molecule has 4 saturated carbocycles. The average molecular weight is 1050 g/mol. The molecule has 4 heterocycles. The number of fused-ring (bicyclic) bond motifs is 7. The van der Waals surface area contributed by atoms with Gasteiger partial charge >= 0.3 is 5.97 Å². The first-order valence-electron chi connectivity index (χ1n) is 26.3. The largest absolute Gasteiger partial charge is 0.432 e. The van der Waals surface area contributed by atoms with Crippen LogP contribution in [-0.2, 0) is 42.7 Å². The van der Waals surface area contributed by atoms with Gasteiger partial charge < -0.3 is 104 Å². The highest BCUT2D eigenvalue weighted by Gasteiger charge is 2.71. The standard InChI is InChI=1S/C51H82O22/c1-46(2)11-13-51(45(65)73-43-37(63)33(59)28(20-68-43)70-41-35(61)31(57)25(55)18-66-41)14-12-49(5)22(23(51)15-46)7-8-30-47(3)16-24(54)40(48(4,21-53)29(47)9-10-50(30,49)6)72-44-38(64)34(60)39(27(17-52)69-44)71-42-36(62)32(58)26(56)19-67-42/h7,23-44,52-64H,8-21H2,1-6H3/t23-,24-,25+,26+,27+,28-,29+,30+,31-,32-,33-,34+,35+,36+,37+,38+,39+,40-,41-,42-,43-,44-,47-,48-,49+,50+,51-/m0/s1. The van der Waals surface area contributed by atoms with E-state index in [9.17, 15) is 71.2 Å². The molecule has 22 nitrogen and oxygen atoms in total. The van der Waals surface area contributed by atoms with E-state index in [4.69, 9.17) is 37.9 Å². The van der Waals surface area contributed by atoms with E-state index >= 15 is 0 Å². The molecule has 73 heavy (non-hydrogen) atoms. The molecule has 27 atom stereocenters. The van der Waals surface area contributed by atoms with E-state index in [0.717, 1.165) is 12.8 Å². The van der Waals surface area contributed by atoms with Gasteiger partial charge in [-0.25, -0.2) is 0 Å². The minimum absolute atomic E-state index is 0.00655. The highest BCUT2D eigenvalue weighted by Crippen LogP contribution is 2.76. The molecule has 4 aliphatic heterocycles. The number of ether oxygens (including phenoxy) is 8. The van der Waals surface area contributed by atoms with Crippen LogP contribution in [-0.4, -0.2) is 222 Å².